The predicted molar refractivity (Wildman–Crippen MR) is 66.4 cm³/mol. The van der Waals surface area contributed by atoms with Crippen LogP contribution in [0.5, 0.6) is 5.88 Å². The lowest BCUT2D eigenvalue weighted by Gasteiger charge is -2.18. The van der Waals surface area contributed by atoms with Gasteiger partial charge >= 0.3 is 0 Å². The molecule has 2 N–H and O–H groups in total. The minimum absolute atomic E-state index is 0.0213. The van der Waals surface area contributed by atoms with E-state index in [0.717, 1.165) is 12.0 Å². The number of nitrogens with zero attached hydrogens (tertiary/aromatic N) is 1. The zero-order valence-electron chi connectivity index (χ0n) is 10.7. The lowest BCUT2D eigenvalue weighted by molar-refractivity contribution is 0.236. The first-order valence-corrected chi connectivity index (χ1v) is 5.73. The molecule has 0 fully saturated rings. The highest BCUT2D eigenvalue weighted by molar-refractivity contribution is 5.22. The van der Waals surface area contributed by atoms with Gasteiger partial charge in [0.1, 0.15) is 0 Å². The average Bonchev–Trinajstić information content (AvgIpc) is 2.16. The molecule has 0 radical (unpaired) electrons. The number of ether oxygens (including phenoxy) is 1. The van der Waals surface area contributed by atoms with Crippen LogP contribution in [-0.4, -0.2) is 11.6 Å². The minimum atomic E-state index is 0.0213. The average molecular weight is 222 g/mol. The zero-order valence-corrected chi connectivity index (χ0v) is 10.7. The van der Waals surface area contributed by atoms with E-state index >= 15 is 0 Å². The third-order valence-electron chi connectivity index (χ3n) is 2.39. The number of nitrogens with two attached hydrogens (primary N) is 1. The van der Waals surface area contributed by atoms with E-state index in [1.54, 1.807) is 6.20 Å². The van der Waals surface area contributed by atoms with Gasteiger partial charge < -0.3 is 10.5 Å². The molecule has 1 atom stereocenters. The maximum atomic E-state index is 5.80. The van der Waals surface area contributed by atoms with E-state index in [2.05, 4.69) is 25.8 Å². The fraction of sp³-hybridized carbons (Fsp3) is 0.615. The lowest BCUT2D eigenvalue weighted by Crippen LogP contribution is -2.12. The van der Waals surface area contributed by atoms with E-state index in [0.29, 0.717) is 17.9 Å². The molecule has 0 aromatic carbocycles. The Morgan fingerprint density at radius 2 is 2.12 bits per heavy atom. The van der Waals surface area contributed by atoms with Crippen LogP contribution in [0.25, 0.3) is 0 Å². The molecule has 0 saturated heterocycles. The van der Waals surface area contributed by atoms with Crippen LogP contribution < -0.4 is 10.5 Å². The van der Waals surface area contributed by atoms with Crippen molar-refractivity contribution in [3.63, 3.8) is 0 Å². The van der Waals surface area contributed by atoms with Gasteiger partial charge in [-0.25, -0.2) is 4.98 Å². The standard InChI is InChI=1S/C13H22N2O/c1-10(14)11-5-7-15-12(9-11)16-8-6-13(2,3)4/h5,7,9-10H,6,8,14H2,1-4H3. The van der Waals surface area contributed by atoms with Crippen LogP contribution in [-0.2, 0) is 0 Å². The third kappa shape index (κ3) is 4.62. The molecule has 16 heavy (non-hydrogen) atoms. The van der Waals surface area contributed by atoms with Crippen LogP contribution in [0.2, 0.25) is 0 Å². The molecule has 3 heteroatoms. The van der Waals surface area contributed by atoms with E-state index < -0.39 is 0 Å². The summed E-state index contributed by atoms with van der Waals surface area (Å²) in [5, 5.41) is 0. The highest BCUT2D eigenvalue weighted by Gasteiger charge is 2.10. The molecule has 0 saturated carbocycles. The van der Waals surface area contributed by atoms with Gasteiger partial charge in [0.05, 0.1) is 6.61 Å². The van der Waals surface area contributed by atoms with E-state index in [9.17, 15) is 0 Å². The molecule has 0 aliphatic carbocycles. The lowest BCUT2D eigenvalue weighted by atomic mass is 9.93. The van der Waals surface area contributed by atoms with Gasteiger partial charge in [0.25, 0.3) is 0 Å². The minimum Gasteiger partial charge on any atom is -0.478 e. The predicted octanol–water partition coefficient (Wildman–Crippen LogP) is 2.92. The Morgan fingerprint density at radius 1 is 1.44 bits per heavy atom. The second-order valence-corrected chi connectivity index (χ2v) is 5.38. The van der Waals surface area contributed by atoms with Crippen molar-refractivity contribution < 1.29 is 4.74 Å². The smallest absolute Gasteiger partial charge is 0.213 e. The van der Waals surface area contributed by atoms with Crippen molar-refractivity contribution in [2.75, 3.05) is 6.61 Å². The van der Waals surface area contributed by atoms with Gasteiger partial charge in [-0.3, -0.25) is 0 Å². The molecule has 1 aromatic heterocycles. The molecule has 1 aromatic rings. The number of rotatable bonds is 4. The first-order chi connectivity index (χ1) is 7.38. The number of aromatic nitrogens is 1. The maximum absolute atomic E-state index is 5.80. The van der Waals surface area contributed by atoms with Gasteiger partial charge in [-0.2, -0.15) is 0 Å². The Bertz CT molecular complexity index is 329. The summed E-state index contributed by atoms with van der Waals surface area (Å²) < 4.78 is 5.61. The first kappa shape index (κ1) is 13.0. The topological polar surface area (TPSA) is 48.1 Å². The van der Waals surface area contributed by atoms with Crippen LogP contribution in [0.3, 0.4) is 0 Å². The van der Waals surface area contributed by atoms with Crippen LogP contribution in [0.15, 0.2) is 18.3 Å². The summed E-state index contributed by atoms with van der Waals surface area (Å²) in [7, 11) is 0. The fourth-order valence-electron chi connectivity index (χ4n) is 1.25. The van der Waals surface area contributed by atoms with Crippen LogP contribution >= 0.6 is 0 Å². The molecule has 0 bridgehead atoms. The second kappa shape index (κ2) is 5.30. The van der Waals surface area contributed by atoms with E-state index in [4.69, 9.17) is 10.5 Å². The van der Waals surface area contributed by atoms with Crippen molar-refractivity contribution in [3.05, 3.63) is 23.9 Å². The van der Waals surface area contributed by atoms with E-state index in [-0.39, 0.29) is 6.04 Å². The molecule has 1 heterocycles. The fourth-order valence-corrected chi connectivity index (χ4v) is 1.25. The Kier molecular flexibility index (Phi) is 4.30. The molecule has 0 aliphatic rings. The normalized spacial score (nSPS) is 13.6. The molecule has 90 valence electrons. The Hall–Kier alpha value is -1.09. The van der Waals surface area contributed by atoms with Crippen LogP contribution in [0, 0.1) is 5.41 Å². The molecule has 0 spiro atoms. The third-order valence-corrected chi connectivity index (χ3v) is 2.39. The summed E-state index contributed by atoms with van der Waals surface area (Å²) in [5.74, 6) is 0.666. The highest BCUT2D eigenvalue weighted by Crippen LogP contribution is 2.20. The van der Waals surface area contributed by atoms with Gasteiger partial charge in [-0.05, 0) is 30.4 Å². The molecular formula is C13H22N2O. The molecule has 0 aliphatic heterocycles. The summed E-state index contributed by atoms with van der Waals surface area (Å²) in [5.41, 5.74) is 7.14. The summed E-state index contributed by atoms with van der Waals surface area (Å²) in [6, 6.07) is 3.85. The number of hydrogen-bond donors (Lipinski definition) is 1. The van der Waals surface area contributed by atoms with Crippen LogP contribution in [0.1, 0.15) is 45.7 Å². The molecule has 1 unspecified atom stereocenters. The number of pyridine rings is 1. The molecular weight excluding hydrogens is 200 g/mol. The molecule has 0 amide bonds. The summed E-state index contributed by atoms with van der Waals surface area (Å²) >= 11 is 0. The van der Waals surface area contributed by atoms with Crippen molar-refractivity contribution in [2.45, 2.75) is 40.2 Å². The number of hydrogen-bond acceptors (Lipinski definition) is 3. The summed E-state index contributed by atoms with van der Waals surface area (Å²) in [6.45, 7) is 9.24. The van der Waals surface area contributed by atoms with Gasteiger partial charge in [0, 0.05) is 18.3 Å². The summed E-state index contributed by atoms with van der Waals surface area (Å²) in [4.78, 5) is 4.16. The van der Waals surface area contributed by atoms with Gasteiger partial charge in [-0.1, -0.05) is 20.8 Å². The van der Waals surface area contributed by atoms with Gasteiger partial charge in [0.15, 0.2) is 0 Å². The first-order valence-electron chi connectivity index (χ1n) is 5.73. The highest BCUT2D eigenvalue weighted by atomic mass is 16.5. The van der Waals surface area contributed by atoms with E-state index in [1.807, 2.05) is 19.1 Å². The monoisotopic (exact) mass is 222 g/mol. The second-order valence-electron chi connectivity index (χ2n) is 5.38. The Labute approximate surface area is 98.0 Å². The van der Waals surface area contributed by atoms with Gasteiger partial charge in [-0.15, -0.1) is 0 Å². The van der Waals surface area contributed by atoms with Crippen LogP contribution in [0.4, 0.5) is 0 Å². The molecule has 1 rings (SSSR count). The van der Waals surface area contributed by atoms with Crippen molar-refractivity contribution >= 4 is 0 Å². The zero-order chi connectivity index (χ0) is 12.2. The Balaban J connectivity index is 2.51. The van der Waals surface area contributed by atoms with Crippen molar-refractivity contribution in [2.24, 2.45) is 11.1 Å². The quantitative estimate of drug-likeness (QED) is 0.852. The van der Waals surface area contributed by atoms with E-state index in [1.165, 1.54) is 0 Å². The largest absolute Gasteiger partial charge is 0.478 e. The van der Waals surface area contributed by atoms with Crippen molar-refractivity contribution in [3.8, 4) is 5.88 Å². The SMILES string of the molecule is CC(N)c1ccnc(OCCC(C)(C)C)c1. The maximum Gasteiger partial charge on any atom is 0.213 e. The summed E-state index contributed by atoms with van der Waals surface area (Å²) in [6.07, 6.45) is 2.75. The van der Waals surface area contributed by atoms with Gasteiger partial charge in [0.2, 0.25) is 5.88 Å². The van der Waals surface area contributed by atoms with Crippen molar-refractivity contribution in [1.29, 1.82) is 0 Å². The molecule has 3 nitrogen and oxygen atoms in total. The Morgan fingerprint density at radius 3 is 2.69 bits per heavy atom. The van der Waals surface area contributed by atoms with Crippen molar-refractivity contribution in [1.82, 2.24) is 4.98 Å².